The van der Waals surface area contributed by atoms with E-state index in [9.17, 15) is 4.39 Å². The molecule has 0 spiro atoms. The molecule has 0 aliphatic carbocycles. The van der Waals surface area contributed by atoms with Crippen molar-refractivity contribution in [3.63, 3.8) is 0 Å². The Hall–Kier alpha value is -2.16. The maximum Gasteiger partial charge on any atom is 0.123 e. The molecule has 2 aromatic carbocycles. The molecule has 3 heteroatoms. The Morgan fingerprint density at radius 2 is 1.70 bits per heavy atom. The first-order chi connectivity index (χ1) is 10.9. The Bertz CT molecular complexity index is 720. The van der Waals surface area contributed by atoms with E-state index in [0.29, 0.717) is 0 Å². The van der Waals surface area contributed by atoms with Gasteiger partial charge < -0.3 is 4.90 Å². The molecule has 0 atom stereocenters. The minimum atomic E-state index is -0.177. The van der Waals surface area contributed by atoms with Crippen LogP contribution >= 0.6 is 0 Å². The monoisotopic (exact) mass is 312 g/mol. The first kappa shape index (κ1) is 17.2. The number of hydrogen-bond acceptors (Lipinski definition) is 1. The van der Waals surface area contributed by atoms with E-state index in [1.165, 1.54) is 17.2 Å². The summed E-state index contributed by atoms with van der Waals surface area (Å²) in [6, 6.07) is 9.32. The van der Waals surface area contributed by atoms with Gasteiger partial charge in [0, 0.05) is 13.6 Å². The van der Waals surface area contributed by atoms with Crippen LogP contribution in [0.5, 0.6) is 0 Å². The van der Waals surface area contributed by atoms with Crippen LogP contribution < -0.4 is 0 Å². The zero-order chi connectivity index (χ0) is 17.0. The fourth-order valence-electron chi connectivity index (χ4n) is 2.50. The Kier molecular flexibility index (Phi) is 5.54. The summed E-state index contributed by atoms with van der Waals surface area (Å²) in [6.45, 7) is 9.18. The fourth-order valence-corrected chi connectivity index (χ4v) is 2.50. The van der Waals surface area contributed by atoms with E-state index in [1.807, 2.05) is 31.3 Å². The van der Waals surface area contributed by atoms with Gasteiger partial charge in [0.15, 0.2) is 0 Å². The van der Waals surface area contributed by atoms with E-state index in [0.717, 1.165) is 35.3 Å². The highest BCUT2D eigenvalue weighted by molar-refractivity contribution is 5.64. The average Bonchev–Trinajstić information content (AvgIpc) is 2.51. The summed E-state index contributed by atoms with van der Waals surface area (Å²) >= 11 is 0. The maximum atomic E-state index is 13.2. The van der Waals surface area contributed by atoms with Gasteiger partial charge in [0.05, 0.1) is 12.0 Å². The van der Waals surface area contributed by atoms with Crippen molar-refractivity contribution in [1.82, 2.24) is 4.90 Å². The minimum absolute atomic E-state index is 0.177. The fraction of sp³-hybridized carbons (Fsp3) is 0.350. The summed E-state index contributed by atoms with van der Waals surface area (Å²) in [7, 11) is 2.01. The number of rotatable bonds is 5. The van der Waals surface area contributed by atoms with Crippen molar-refractivity contribution < 1.29 is 4.39 Å². The largest absolute Gasteiger partial charge is 0.366 e. The molecule has 23 heavy (non-hydrogen) atoms. The summed E-state index contributed by atoms with van der Waals surface area (Å²) in [6.07, 6.45) is 2.68. The van der Waals surface area contributed by atoms with Crippen LogP contribution in [0.4, 0.5) is 10.1 Å². The van der Waals surface area contributed by atoms with Crippen LogP contribution in [0.25, 0.3) is 0 Å². The highest BCUT2D eigenvalue weighted by atomic mass is 19.1. The Morgan fingerprint density at radius 1 is 1.00 bits per heavy atom. The van der Waals surface area contributed by atoms with Crippen molar-refractivity contribution in [2.24, 2.45) is 4.99 Å². The van der Waals surface area contributed by atoms with Crippen LogP contribution in [0.2, 0.25) is 0 Å². The number of hydrogen-bond donors (Lipinski definition) is 0. The molecule has 0 aromatic heterocycles. The normalized spacial score (nSPS) is 11.2. The first-order valence-corrected chi connectivity index (χ1v) is 8.00. The van der Waals surface area contributed by atoms with Gasteiger partial charge in [-0.15, -0.1) is 0 Å². The zero-order valence-corrected chi connectivity index (χ0v) is 14.7. The molecule has 2 nitrogen and oxygen atoms in total. The van der Waals surface area contributed by atoms with E-state index in [-0.39, 0.29) is 5.82 Å². The predicted molar refractivity (Wildman–Crippen MR) is 96.3 cm³/mol. The highest BCUT2D eigenvalue weighted by Crippen LogP contribution is 2.25. The quantitative estimate of drug-likeness (QED) is 0.563. The van der Waals surface area contributed by atoms with Crippen LogP contribution in [0.1, 0.15) is 34.7 Å². The highest BCUT2D eigenvalue weighted by Gasteiger charge is 2.07. The number of halogens is 1. The Morgan fingerprint density at radius 3 is 2.35 bits per heavy atom. The lowest BCUT2D eigenvalue weighted by Crippen LogP contribution is -2.14. The smallest absolute Gasteiger partial charge is 0.123 e. The minimum Gasteiger partial charge on any atom is -0.366 e. The molecule has 0 radical (unpaired) electrons. The van der Waals surface area contributed by atoms with Gasteiger partial charge in [0.25, 0.3) is 0 Å². The standard InChI is InChI=1S/C20H25FN2/c1-6-23(5)13-22-20-11-15(3)18(9-16(20)4)12-17-7-8-19(21)10-14(17)2/h7-11,13H,6,12H2,1-5H3. The molecular formula is C20H25FN2. The van der Waals surface area contributed by atoms with Crippen LogP contribution in [0, 0.1) is 26.6 Å². The Balaban J connectivity index is 2.27. The molecular weight excluding hydrogens is 287 g/mol. The topological polar surface area (TPSA) is 15.6 Å². The molecule has 0 saturated carbocycles. The number of aliphatic imine (C=N–C) groups is 1. The zero-order valence-electron chi connectivity index (χ0n) is 14.7. The van der Waals surface area contributed by atoms with Gasteiger partial charge in [-0.2, -0.15) is 0 Å². The van der Waals surface area contributed by atoms with Gasteiger partial charge in [-0.1, -0.05) is 12.1 Å². The van der Waals surface area contributed by atoms with E-state index in [2.05, 4.69) is 37.9 Å². The molecule has 0 aliphatic heterocycles. The molecule has 0 amide bonds. The third-order valence-electron chi connectivity index (χ3n) is 4.23. The van der Waals surface area contributed by atoms with Gasteiger partial charge in [0.1, 0.15) is 5.82 Å². The van der Waals surface area contributed by atoms with Gasteiger partial charge >= 0.3 is 0 Å². The van der Waals surface area contributed by atoms with Gasteiger partial charge in [-0.3, -0.25) is 0 Å². The lowest BCUT2D eigenvalue weighted by atomic mass is 9.95. The van der Waals surface area contributed by atoms with Crippen LogP contribution in [-0.2, 0) is 6.42 Å². The van der Waals surface area contributed by atoms with Crippen LogP contribution in [-0.4, -0.2) is 24.8 Å². The van der Waals surface area contributed by atoms with Gasteiger partial charge in [0.2, 0.25) is 0 Å². The molecule has 0 heterocycles. The Labute approximate surface area is 138 Å². The maximum absolute atomic E-state index is 13.2. The second-order valence-electron chi connectivity index (χ2n) is 6.13. The molecule has 0 unspecified atom stereocenters. The lowest BCUT2D eigenvalue weighted by molar-refractivity contribution is 0.552. The number of aryl methyl sites for hydroxylation is 3. The van der Waals surface area contributed by atoms with E-state index in [4.69, 9.17) is 0 Å². The van der Waals surface area contributed by atoms with Gasteiger partial charge in [-0.25, -0.2) is 9.38 Å². The van der Waals surface area contributed by atoms with E-state index >= 15 is 0 Å². The third kappa shape index (κ3) is 4.41. The molecule has 0 bridgehead atoms. The molecule has 0 aliphatic rings. The van der Waals surface area contributed by atoms with E-state index < -0.39 is 0 Å². The molecule has 2 aromatic rings. The summed E-state index contributed by atoms with van der Waals surface area (Å²) in [5.41, 5.74) is 6.80. The van der Waals surface area contributed by atoms with Crippen LogP contribution in [0.3, 0.4) is 0 Å². The van der Waals surface area contributed by atoms with Crippen molar-refractivity contribution >= 4 is 12.0 Å². The third-order valence-corrected chi connectivity index (χ3v) is 4.23. The molecule has 122 valence electrons. The summed E-state index contributed by atoms with van der Waals surface area (Å²) < 4.78 is 13.2. The second kappa shape index (κ2) is 7.40. The summed E-state index contributed by atoms with van der Waals surface area (Å²) in [4.78, 5) is 6.61. The first-order valence-electron chi connectivity index (χ1n) is 8.00. The SMILES string of the molecule is CCN(C)C=Nc1cc(C)c(Cc2ccc(F)cc2C)cc1C. The molecule has 2 rings (SSSR count). The molecule has 0 fully saturated rings. The van der Waals surface area contributed by atoms with Crippen molar-refractivity contribution in [2.75, 3.05) is 13.6 Å². The summed E-state index contributed by atoms with van der Waals surface area (Å²) in [5, 5.41) is 0. The van der Waals surface area contributed by atoms with Crippen molar-refractivity contribution in [3.8, 4) is 0 Å². The predicted octanol–water partition coefficient (Wildman–Crippen LogP) is 4.95. The van der Waals surface area contributed by atoms with Crippen molar-refractivity contribution in [3.05, 3.63) is 64.0 Å². The van der Waals surface area contributed by atoms with Gasteiger partial charge in [-0.05, 0) is 80.1 Å². The average molecular weight is 312 g/mol. The molecule has 0 N–H and O–H groups in total. The summed E-state index contributed by atoms with van der Waals surface area (Å²) in [5.74, 6) is -0.177. The van der Waals surface area contributed by atoms with E-state index in [1.54, 1.807) is 6.07 Å². The number of benzene rings is 2. The van der Waals surface area contributed by atoms with Crippen LogP contribution in [0.15, 0.2) is 35.3 Å². The van der Waals surface area contributed by atoms with Crippen molar-refractivity contribution in [1.29, 1.82) is 0 Å². The van der Waals surface area contributed by atoms with Crippen molar-refractivity contribution in [2.45, 2.75) is 34.1 Å². The molecule has 0 saturated heterocycles. The second-order valence-corrected chi connectivity index (χ2v) is 6.13. The lowest BCUT2D eigenvalue weighted by Gasteiger charge is -2.13. The number of nitrogens with zero attached hydrogens (tertiary/aromatic N) is 2.